The monoisotopic (exact) mass is 200 g/mol. The summed E-state index contributed by atoms with van der Waals surface area (Å²) in [5.74, 6) is 0. The summed E-state index contributed by atoms with van der Waals surface area (Å²) in [6.45, 7) is 1.68. The maximum atomic E-state index is 11.4. The Hall–Kier alpha value is -1.07. The first-order valence-corrected chi connectivity index (χ1v) is 5.26. The molecule has 4 nitrogen and oxygen atoms in total. The molecule has 0 saturated carbocycles. The van der Waals surface area contributed by atoms with Crippen molar-refractivity contribution in [1.29, 1.82) is 0 Å². The number of benzene rings is 1. The molecule has 0 radical (unpaired) electrons. The molecule has 0 unspecified atom stereocenters. The van der Waals surface area contributed by atoms with E-state index in [1.807, 2.05) is 0 Å². The Balaban J connectivity index is 3.40. The summed E-state index contributed by atoms with van der Waals surface area (Å²) in [7, 11) is -2.01. The highest BCUT2D eigenvalue weighted by Crippen LogP contribution is 2.19. The van der Waals surface area contributed by atoms with Crippen molar-refractivity contribution in [2.75, 3.05) is 12.8 Å². The van der Waals surface area contributed by atoms with Crippen LogP contribution >= 0.6 is 0 Å². The molecule has 0 aliphatic rings. The molecule has 0 spiro atoms. The molecular formula is C8H12N2O2S. The summed E-state index contributed by atoms with van der Waals surface area (Å²) in [4.78, 5) is 0.231. The zero-order valence-electron chi connectivity index (χ0n) is 7.53. The first kappa shape index (κ1) is 10.0. The average Bonchev–Trinajstić information content (AvgIpc) is 2.09. The molecule has 0 amide bonds. The van der Waals surface area contributed by atoms with Gasteiger partial charge in [0.15, 0.2) is 0 Å². The van der Waals surface area contributed by atoms with Crippen molar-refractivity contribution in [3.05, 3.63) is 23.8 Å². The summed E-state index contributed by atoms with van der Waals surface area (Å²) in [5.41, 5.74) is 6.64. The molecule has 72 valence electrons. The molecule has 0 fully saturated rings. The van der Waals surface area contributed by atoms with Crippen molar-refractivity contribution < 1.29 is 8.42 Å². The van der Waals surface area contributed by atoms with Crippen LogP contribution in [0.3, 0.4) is 0 Å². The van der Waals surface area contributed by atoms with Gasteiger partial charge < -0.3 is 5.73 Å². The van der Waals surface area contributed by atoms with Gasteiger partial charge >= 0.3 is 0 Å². The van der Waals surface area contributed by atoms with Crippen molar-refractivity contribution >= 4 is 15.7 Å². The van der Waals surface area contributed by atoms with Gasteiger partial charge in [-0.1, -0.05) is 6.07 Å². The molecule has 1 aromatic carbocycles. The van der Waals surface area contributed by atoms with Crippen LogP contribution in [0.1, 0.15) is 5.56 Å². The van der Waals surface area contributed by atoms with Crippen molar-refractivity contribution in [1.82, 2.24) is 4.72 Å². The third kappa shape index (κ3) is 1.81. The molecule has 0 aromatic heterocycles. The molecule has 5 heteroatoms. The van der Waals surface area contributed by atoms with E-state index in [2.05, 4.69) is 4.72 Å². The molecule has 0 atom stereocenters. The number of hydrogen-bond donors (Lipinski definition) is 2. The second kappa shape index (κ2) is 3.35. The Morgan fingerprint density at radius 2 is 2.00 bits per heavy atom. The van der Waals surface area contributed by atoms with Crippen molar-refractivity contribution in [3.8, 4) is 0 Å². The SMILES string of the molecule is CNS(=O)(=O)c1cccc(N)c1C. The largest absolute Gasteiger partial charge is 0.398 e. The number of nitrogen functional groups attached to an aromatic ring is 1. The Morgan fingerprint density at radius 3 is 2.54 bits per heavy atom. The normalized spacial score (nSPS) is 11.5. The van der Waals surface area contributed by atoms with Gasteiger partial charge in [-0.2, -0.15) is 0 Å². The number of nitrogens with two attached hydrogens (primary N) is 1. The topological polar surface area (TPSA) is 72.2 Å². The fraction of sp³-hybridized carbons (Fsp3) is 0.250. The van der Waals surface area contributed by atoms with Gasteiger partial charge in [-0.25, -0.2) is 13.1 Å². The highest BCUT2D eigenvalue weighted by atomic mass is 32.2. The summed E-state index contributed by atoms with van der Waals surface area (Å²) in [6, 6.07) is 4.81. The highest BCUT2D eigenvalue weighted by Gasteiger charge is 2.14. The van der Waals surface area contributed by atoms with E-state index in [0.29, 0.717) is 11.3 Å². The minimum atomic E-state index is -3.38. The predicted octanol–water partition coefficient (Wildman–Crippen LogP) is 0.485. The molecule has 0 bridgehead atoms. The summed E-state index contributed by atoms with van der Waals surface area (Å²) in [6.07, 6.45) is 0. The predicted molar refractivity (Wildman–Crippen MR) is 51.8 cm³/mol. The second-order valence-electron chi connectivity index (χ2n) is 2.68. The van der Waals surface area contributed by atoms with Gasteiger partial charge in [0.05, 0.1) is 4.90 Å². The quantitative estimate of drug-likeness (QED) is 0.682. The lowest BCUT2D eigenvalue weighted by molar-refractivity contribution is 0.587. The van der Waals surface area contributed by atoms with Gasteiger partial charge in [-0.05, 0) is 31.7 Å². The summed E-state index contributed by atoms with van der Waals surface area (Å²) >= 11 is 0. The van der Waals surface area contributed by atoms with Crippen LogP contribution in [0.2, 0.25) is 0 Å². The minimum absolute atomic E-state index is 0.231. The van der Waals surface area contributed by atoms with E-state index in [-0.39, 0.29) is 4.90 Å². The van der Waals surface area contributed by atoms with Gasteiger partial charge in [-0.3, -0.25) is 0 Å². The van der Waals surface area contributed by atoms with Crippen LogP contribution in [0.25, 0.3) is 0 Å². The van der Waals surface area contributed by atoms with Gasteiger partial charge in [0, 0.05) is 5.69 Å². The van der Waals surface area contributed by atoms with Crippen LogP contribution in [-0.2, 0) is 10.0 Å². The van der Waals surface area contributed by atoms with Crippen LogP contribution in [0.5, 0.6) is 0 Å². The number of hydrogen-bond acceptors (Lipinski definition) is 3. The van der Waals surface area contributed by atoms with Crippen LogP contribution < -0.4 is 10.5 Å². The Labute approximate surface area is 77.8 Å². The Bertz CT molecular complexity index is 412. The fourth-order valence-corrected chi connectivity index (χ4v) is 2.03. The highest BCUT2D eigenvalue weighted by molar-refractivity contribution is 7.89. The third-order valence-electron chi connectivity index (χ3n) is 1.88. The van der Waals surface area contributed by atoms with E-state index in [1.54, 1.807) is 19.1 Å². The van der Waals surface area contributed by atoms with Gasteiger partial charge in [0.1, 0.15) is 0 Å². The van der Waals surface area contributed by atoms with E-state index >= 15 is 0 Å². The van der Waals surface area contributed by atoms with Crippen LogP contribution in [-0.4, -0.2) is 15.5 Å². The van der Waals surface area contributed by atoms with E-state index in [1.165, 1.54) is 13.1 Å². The maximum Gasteiger partial charge on any atom is 0.240 e. The van der Waals surface area contributed by atoms with E-state index in [9.17, 15) is 8.42 Å². The number of nitrogens with one attached hydrogen (secondary N) is 1. The Morgan fingerprint density at radius 1 is 1.38 bits per heavy atom. The van der Waals surface area contributed by atoms with Crippen LogP contribution in [0.15, 0.2) is 23.1 Å². The van der Waals surface area contributed by atoms with Crippen molar-refractivity contribution in [2.24, 2.45) is 0 Å². The zero-order valence-corrected chi connectivity index (χ0v) is 8.35. The van der Waals surface area contributed by atoms with Crippen LogP contribution in [0.4, 0.5) is 5.69 Å². The molecule has 1 aromatic rings. The summed E-state index contributed by atoms with van der Waals surface area (Å²) < 4.78 is 25.1. The number of sulfonamides is 1. The lowest BCUT2D eigenvalue weighted by Crippen LogP contribution is -2.19. The minimum Gasteiger partial charge on any atom is -0.398 e. The van der Waals surface area contributed by atoms with Crippen molar-refractivity contribution in [2.45, 2.75) is 11.8 Å². The Kier molecular flexibility index (Phi) is 2.58. The van der Waals surface area contributed by atoms with E-state index < -0.39 is 10.0 Å². The van der Waals surface area contributed by atoms with Gasteiger partial charge in [-0.15, -0.1) is 0 Å². The molecule has 0 heterocycles. The number of rotatable bonds is 2. The fourth-order valence-electron chi connectivity index (χ4n) is 1.03. The maximum absolute atomic E-state index is 11.4. The van der Waals surface area contributed by atoms with E-state index in [4.69, 9.17) is 5.73 Å². The lowest BCUT2D eigenvalue weighted by atomic mass is 10.2. The average molecular weight is 200 g/mol. The third-order valence-corrected chi connectivity index (χ3v) is 3.44. The molecule has 0 aliphatic carbocycles. The molecule has 0 saturated heterocycles. The van der Waals surface area contributed by atoms with Gasteiger partial charge in [0.2, 0.25) is 10.0 Å². The smallest absolute Gasteiger partial charge is 0.240 e. The van der Waals surface area contributed by atoms with Crippen LogP contribution in [0, 0.1) is 6.92 Å². The first-order chi connectivity index (χ1) is 5.99. The molecule has 3 N–H and O–H groups in total. The van der Waals surface area contributed by atoms with Crippen molar-refractivity contribution in [3.63, 3.8) is 0 Å². The summed E-state index contributed by atoms with van der Waals surface area (Å²) in [5, 5.41) is 0. The molecule has 0 aliphatic heterocycles. The van der Waals surface area contributed by atoms with Gasteiger partial charge in [0.25, 0.3) is 0 Å². The molecule has 13 heavy (non-hydrogen) atoms. The first-order valence-electron chi connectivity index (χ1n) is 3.77. The van der Waals surface area contributed by atoms with E-state index in [0.717, 1.165) is 0 Å². The molecular weight excluding hydrogens is 188 g/mol. The second-order valence-corrected chi connectivity index (χ2v) is 4.53. The standard InChI is InChI=1S/C8H12N2O2S/c1-6-7(9)4-3-5-8(6)13(11,12)10-2/h3-5,10H,9H2,1-2H3. The number of anilines is 1. The lowest BCUT2D eigenvalue weighted by Gasteiger charge is -2.07. The zero-order chi connectivity index (χ0) is 10.1. The molecule has 1 rings (SSSR count).